The summed E-state index contributed by atoms with van der Waals surface area (Å²) in [6, 6.07) is 16.2. The van der Waals surface area contributed by atoms with Crippen LogP contribution in [0.4, 0.5) is 4.39 Å². The Hall–Kier alpha value is -3.50. The van der Waals surface area contributed by atoms with E-state index < -0.39 is 26.0 Å². The summed E-state index contributed by atoms with van der Waals surface area (Å²) in [5.41, 5.74) is 0.715. The number of hydrogen-bond donors (Lipinski definition) is 0. The molecule has 7 nitrogen and oxygen atoms in total. The second kappa shape index (κ2) is 9.27. The molecule has 0 aliphatic rings. The fourth-order valence-electron chi connectivity index (χ4n) is 3.49. The van der Waals surface area contributed by atoms with Crippen molar-refractivity contribution in [2.75, 3.05) is 0 Å². The molecule has 4 rings (SSSR count). The van der Waals surface area contributed by atoms with Crippen LogP contribution in [0.5, 0.6) is 0 Å². The third-order valence-electron chi connectivity index (χ3n) is 5.09. The van der Waals surface area contributed by atoms with Gasteiger partial charge in [-0.2, -0.15) is 8.42 Å². The molecule has 0 bridgehead atoms. The van der Waals surface area contributed by atoms with Gasteiger partial charge in [0.15, 0.2) is 11.4 Å². The minimum Gasteiger partial charge on any atom is -0.377 e. The maximum Gasteiger partial charge on any atom is 0.339 e. The molecule has 0 unspecified atom stereocenters. The van der Waals surface area contributed by atoms with Crippen LogP contribution in [0.15, 0.2) is 88.8 Å². The zero-order chi connectivity index (χ0) is 25.4. The highest BCUT2D eigenvalue weighted by molar-refractivity contribution is 7.90. The van der Waals surface area contributed by atoms with Gasteiger partial charge in [-0.25, -0.2) is 21.8 Å². The van der Waals surface area contributed by atoms with Crippen molar-refractivity contribution < 1.29 is 25.4 Å². The van der Waals surface area contributed by atoms with Gasteiger partial charge in [0, 0.05) is 5.39 Å². The zero-order valence-electron chi connectivity index (χ0n) is 19.2. The van der Waals surface area contributed by atoms with Crippen LogP contribution in [0.3, 0.4) is 0 Å². The first-order valence-corrected chi connectivity index (χ1v) is 13.5. The van der Waals surface area contributed by atoms with Crippen LogP contribution in [0.25, 0.3) is 16.8 Å². The van der Waals surface area contributed by atoms with Gasteiger partial charge in [-0.15, -0.1) is 0 Å². The number of aromatic nitrogens is 2. The summed E-state index contributed by atoms with van der Waals surface area (Å²) in [6.07, 6.45) is 2.40. The van der Waals surface area contributed by atoms with E-state index in [0.717, 1.165) is 21.8 Å². The van der Waals surface area contributed by atoms with E-state index in [1.807, 2.05) is 6.92 Å². The highest BCUT2D eigenvalue weighted by Crippen LogP contribution is 2.32. The van der Waals surface area contributed by atoms with Gasteiger partial charge in [0.1, 0.15) is 16.4 Å². The van der Waals surface area contributed by atoms with Gasteiger partial charge < -0.3 is 4.18 Å². The first-order chi connectivity index (χ1) is 16.5. The SMILES string of the molecule is Cc1ccc(S(=O)(=O)O/C(=C/C(C)C)c2cc3cc(F)cnc3n2S(=O)(=O)c2ccccc2)cc1. The summed E-state index contributed by atoms with van der Waals surface area (Å²) in [5.74, 6) is -1.09. The number of halogens is 1. The van der Waals surface area contributed by atoms with Crippen LogP contribution in [0.1, 0.15) is 25.1 Å². The molecule has 0 N–H and O–H groups in total. The van der Waals surface area contributed by atoms with Gasteiger partial charge in [-0.05, 0) is 55.3 Å². The summed E-state index contributed by atoms with van der Waals surface area (Å²) < 4.78 is 73.9. The molecule has 0 atom stereocenters. The average Bonchev–Trinajstić information content (AvgIpc) is 3.18. The molecule has 2 heterocycles. The Labute approximate surface area is 203 Å². The number of fused-ring (bicyclic) bond motifs is 1. The number of rotatable bonds is 7. The van der Waals surface area contributed by atoms with Crippen molar-refractivity contribution in [3.05, 3.63) is 96.1 Å². The van der Waals surface area contributed by atoms with E-state index in [2.05, 4.69) is 4.98 Å². The van der Waals surface area contributed by atoms with Crippen molar-refractivity contribution >= 4 is 36.9 Å². The fourth-order valence-corrected chi connectivity index (χ4v) is 5.92. The first-order valence-electron chi connectivity index (χ1n) is 10.7. The van der Waals surface area contributed by atoms with Gasteiger partial charge in [-0.3, -0.25) is 0 Å². The van der Waals surface area contributed by atoms with Crippen molar-refractivity contribution in [2.24, 2.45) is 5.92 Å². The zero-order valence-corrected chi connectivity index (χ0v) is 20.8. The monoisotopic (exact) mass is 514 g/mol. The number of benzene rings is 2. The molecule has 0 aliphatic heterocycles. The molecule has 4 aromatic rings. The van der Waals surface area contributed by atoms with Crippen molar-refractivity contribution in [1.82, 2.24) is 8.96 Å². The molecular weight excluding hydrogens is 491 g/mol. The Kier molecular flexibility index (Phi) is 6.52. The van der Waals surface area contributed by atoms with E-state index >= 15 is 0 Å². The smallest absolute Gasteiger partial charge is 0.339 e. The molecule has 10 heteroatoms. The summed E-state index contributed by atoms with van der Waals surface area (Å²) >= 11 is 0. The number of allylic oxidation sites excluding steroid dienone is 1. The molecule has 0 amide bonds. The molecule has 0 fully saturated rings. The Morgan fingerprint density at radius 1 is 0.971 bits per heavy atom. The summed E-state index contributed by atoms with van der Waals surface area (Å²) in [7, 11) is -8.57. The molecule has 0 radical (unpaired) electrons. The van der Waals surface area contributed by atoms with E-state index in [0.29, 0.717) is 0 Å². The number of nitrogens with zero attached hydrogens (tertiary/aromatic N) is 2. The van der Waals surface area contributed by atoms with Crippen LogP contribution < -0.4 is 0 Å². The highest BCUT2D eigenvalue weighted by Gasteiger charge is 2.29. The van der Waals surface area contributed by atoms with Crippen molar-refractivity contribution in [1.29, 1.82) is 0 Å². The third kappa shape index (κ3) is 4.98. The third-order valence-corrected chi connectivity index (χ3v) is 8.06. The lowest BCUT2D eigenvalue weighted by Gasteiger charge is -2.16. The molecule has 2 aromatic heterocycles. The van der Waals surface area contributed by atoms with Gasteiger partial charge in [0.25, 0.3) is 10.0 Å². The van der Waals surface area contributed by atoms with Gasteiger partial charge >= 0.3 is 10.1 Å². The van der Waals surface area contributed by atoms with Crippen LogP contribution in [0, 0.1) is 18.7 Å². The van der Waals surface area contributed by atoms with Crippen LogP contribution >= 0.6 is 0 Å². The van der Waals surface area contributed by atoms with Crippen LogP contribution in [-0.2, 0) is 24.3 Å². The Morgan fingerprint density at radius 3 is 2.26 bits per heavy atom. The Morgan fingerprint density at radius 2 is 1.63 bits per heavy atom. The summed E-state index contributed by atoms with van der Waals surface area (Å²) in [5, 5.41) is 0.172. The molecular formula is C25H23FN2O5S2. The molecule has 0 saturated carbocycles. The van der Waals surface area contributed by atoms with Gasteiger partial charge in [0.2, 0.25) is 0 Å². The second-order valence-electron chi connectivity index (χ2n) is 8.30. The first kappa shape index (κ1) is 24.6. The molecule has 35 heavy (non-hydrogen) atoms. The van der Waals surface area contributed by atoms with Crippen LogP contribution in [0.2, 0.25) is 0 Å². The van der Waals surface area contributed by atoms with E-state index in [9.17, 15) is 21.2 Å². The number of aryl methyl sites for hydroxylation is 1. The van der Waals surface area contributed by atoms with Gasteiger partial charge in [-0.1, -0.05) is 49.7 Å². The topological polar surface area (TPSA) is 95.3 Å². The lowest BCUT2D eigenvalue weighted by atomic mass is 10.2. The lowest BCUT2D eigenvalue weighted by Crippen LogP contribution is -2.18. The minimum atomic E-state index is -4.31. The molecule has 182 valence electrons. The molecule has 0 spiro atoms. The fraction of sp³-hybridized carbons (Fsp3) is 0.160. The predicted molar refractivity (Wildman–Crippen MR) is 131 cm³/mol. The second-order valence-corrected chi connectivity index (χ2v) is 11.6. The summed E-state index contributed by atoms with van der Waals surface area (Å²) in [6.45, 7) is 5.40. The van der Waals surface area contributed by atoms with E-state index in [-0.39, 0.29) is 38.2 Å². The molecule has 0 aliphatic carbocycles. The van der Waals surface area contributed by atoms with E-state index in [1.54, 1.807) is 44.2 Å². The summed E-state index contributed by atoms with van der Waals surface area (Å²) in [4.78, 5) is 3.86. The minimum absolute atomic E-state index is 0.0461. The van der Waals surface area contributed by atoms with Crippen LogP contribution in [-0.4, -0.2) is 25.8 Å². The lowest BCUT2D eigenvalue weighted by molar-refractivity contribution is 0.459. The van der Waals surface area contributed by atoms with Gasteiger partial charge in [0.05, 0.1) is 11.1 Å². The van der Waals surface area contributed by atoms with E-state index in [4.69, 9.17) is 4.18 Å². The predicted octanol–water partition coefficient (Wildman–Crippen LogP) is 5.12. The highest BCUT2D eigenvalue weighted by atomic mass is 32.2. The normalized spacial score (nSPS) is 12.9. The van der Waals surface area contributed by atoms with Crippen molar-refractivity contribution in [3.8, 4) is 0 Å². The number of pyridine rings is 1. The standard InChI is InChI=1S/C25H23FN2O5S2/c1-17(2)13-24(33-35(31,32)22-11-9-18(3)10-12-22)23-15-19-14-20(26)16-27-25(19)28(23)34(29,30)21-7-5-4-6-8-21/h4-17H,1-3H3/b24-13+. The quantitative estimate of drug-likeness (QED) is 0.251. The average molecular weight is 515 g/mol. The van der Waals surface area contributed by atoms with Crippen molar-refractivity contribution in [3.63, 3.8) is 0 Å². The van der Waals surface area contributed by atoms with E-state index in [1.165, 1.54) is 36.4 Å². The van der Waals surface area contributed by atoms with Crippen molar-refractivity contribution in [2.45, 2.75) is 30.6 Å². The molecule has 2 aromatic carbocycles. The maximum absolute atomic E-state index is 14.0. The maximum atomic E-state index is 14.0. The molecule has 0 saturated heterocycles. The number of hydrogen-bond acceptors (Lipinski definition) is 6. The Bertz CT molecular complexity index is 1620. The Balaban J connectivity index is 1.97. The largest absolute Gasteiger partial charge is 0.377 e.